The van der Waals surface area contributed by atoms with E-state index in [0.717, 1.165) is 4.47 Å². The lowest BCUT2D eigenvalue weighted by atomic mass is 10.3. The van der Waals surface area contributed by atoms with E-state index in [2.05, 4.69) is 37.2 Å². The molecule has 1 aliphatic heterocycles. The molecule has 18 heavy (non-hydrogen) atoms. The summed E-state index contributed by atoms with van der Waals surface area (Å²) < 4.78 is 28.1. The Labute approximate surface area is 124 Å². The number of benzene rings is 1. The van der Waals surface area contributed by atoms with Crippen molar-refractivity contribution in [3.8, 4) is 0 Å². The number of piperazine rings is 1. The minimum atomic E-state index is -3.45. The second kappa shape index (κ2) is 5.58. The molecule has 0 amide bonds. The zero-order valence-electron chi connectivity index (χ0n) is 9.86. The molecule has 0 unspecified atom stereocenters. The number of hydrogen-bond donors (Lipinski definition) is 1. The van der Waals surface area contributed by atoms with Crippen molar-refractivity contribution in [2.45, 2.75) is 17.9 Å². The van der Waals surface area contributed by atoms with Crippen LogP contribution in [0.3, 0.4) is 0 Å². The van der Waals surface area contributed by atoms with Gasteiger partial charge < -0.3 is 5.32 Å². The Morgan fingerprint density at radius 3 is 2.78 bits per heavy atom. The first-order chi connectivity index (χ1) is 8.43. The quantitative estimate of drug-likeness (QED) is 0.832. The van der Waals surface area contributed by atoms with Gasteiger partial charge >= 0.3 is 0 Å². The van der Waals surface area contributed by atoms with Crippen molar-refractivity contribution >= 4 is 41.9 Å². The molecule has 1 N–H and O–H groups in total. The minimum absolute atomic E-state index is 0.0327. The summed E-state index contributed by atoms with van der Waals surface area (Å²) in [7, 11) is -3.45. The molecule has 1 aliphatic rings. The molecule has 0 aromatic heterocycles. The van der Waals surface area contributed by atoms with Gasteiger partial charge in [-0.25, -0.2) is 8.42 Å². The normalized spacial score (nSPS) is 22.1. The van der Waals surface area contributed by atoms with E-state index in [4.69, 9.17) is 0 Å². The van der Waals surface area contributed by atoms with Crippen LogP contribution in [-0.4, -0.2) is 38.4 Å². The highest BCUT2D eigenvalue weighted by atomic mass is 79.9. The van der Waals surface area contributed by atoms with E-state index in [1.165, 1.54) is 0 Å². The first-order valence-electron chi connectivity index (χ1n) is 5.60. The minimum Gasteiger partial charge on any atom is -0.314 e. The molecule has 4 nitrogen and oxygen atoms in total. The molecule has 0 bridgehead atoms. The largest absolute Gasteiger partial charge is 0.314 e. The van der Waals surface area contributed by atoms with E-state index in [-0.39, 0.29) is 6.04 Å². The fraction of sp³-hybridized carbons (Fsp3) is 0.455. The Morgan fingerprint density at radius 1 is 1.39 bits per heavy atom. The van der Waals surface area contributed by atoms with Gasteiger partial charge in [0.2, 0.25) is 10.0 Å². The zero-order chi connectivity index (χ0) is 13.3. The molecule has 0 radical (unpaired) electrons. The van der Waals surface area contributed by atoms with Crippen molar-refractivity contribution in [3.05, 3.63) is 27.1 Å². The van der Waals surface area contributed by atoms with Gasteiger partial charge in [-0.3, -0.25) is 0 Å². The SMILES string of the molecule is C[C@@H]1CNCCN1S(=O)(=O)c1cc(Br)ccc1Br. The van der Waals surface area contributed by atoms with E-state index in [0.29, 0.717) is 29.0 Å². The van der Waals surface area contributed by atoms with Gasteiger partial charge in [-0.05, 0) is 41.1 Å². The Balaban J connectivity index is 2.44. The van der Waals surface area contributed by atoms with Crippen LogP contribution in [0.2, 0.25) is 0 Å². The first kappa shape index (κ1) is 14.5. The van der Waals surface area contributed by atoms with Crippen molar-refractivity contribution in [1.82, 2.24) is 9.62 Å². The highest BCUT2D eigenvalue weighted by molar-refractivity contribution is 9.11. The molecule has 2 rings (SSSR count). The van der Waals surface area contributed by atoms with Gasteiger partial charge in [-0.2, -0.15) is 4.31 Å². The Kier molecular flexibility index (Phi) is 4.48. The highest BCUT2D eigenvalue weighted by Crippen LogP contribution is 2.29. The molecule has 1 fully saturated rings. The number of nitrogens with zero attached hydrogens (tertiary/aromatic N) is 1. The summed E-state index contributed by atoms with van der Waals surface area (Å²) in [6.07, 6.45) is 0. The molecular formula is C11H14Br2N2O2S. The number of hydrogen-bond acceptors (Lipinski definition) is 3. The van der Waals surface area contributed by atoms with Crippen molar-refractivity contribution in [2.24, 2.45) is 0 Å². The topological polar surface area (TPSA) is 49.4 Å². The Morgan fingerprint density at radius 2 is 2.11 bits per heavy atom. The fourth-order valence-corrected chi connectivity index (χ4v) is 5.08. The molecule has 1 saturated heterocycles. The van der Waals surface area contributed by atoms with Gasteiger partial charge in [-0.15, -0.1) is 0 Å². The van der Waals surface area contributed by atoms with E-state index >= 15 is 0 Å². The summed E-state index contributed by atoms with van der Waals surface area (Å²) in [6, 6.07) is 5.15. The van der Waals surface area contributed by atoms with E-state index < -0.39 is 10.0 Å². The molecular weight excluding hydrogens is 384 g/mol. The van der Waals surface area contributed by atoms with Crippen LogP contribution in [-0.2, 0) is 10.0 Å². The third kappa shape index (κ3) is 2.80. The molecule has 0 aliphatic carbocycles. The van der Waals surface area contributed by atoms with E-state index in [1.807, 2.05) is 13.0 Å². The highest BCUT2D eigenvalue weighted by Gasteiger charge is 2.32. The van der Waals surface area contributed by atoms with Gasteiger partial charge in [-0.1, -0.05) is 15.9 Å². The lowest BCUT2D eigenvalue weighted by Crippen LogP contribution is -2.52. The van der Waals surface area contributed by atoms with Crippen LogP contribution in [0.25, 0.3) is 0 Å². The van der Waals surface area contributed by atoms with E-state index in [1.54, 1.807) is 16.4 Å². The molecule has 0 spiro atoms. The molecule has 7 heteroatoms. The van der Waals surface area contributed by atoms with Gasteiger partial charge in [0, 0.05) is 34.6 Å². The summed E-state index contributed by atoms with van der Waals surface area (Å²) in [5, 5.41) is 3.19. The van der Waals surface area contributed by atoms with E-state index in [9.17, 15) is 8.42 Å². The van der Waals surface area contributed by atoms with Crippen molar-refractivity contribution < 1.29 is 8.42 Å². The Bertz CT molecular complexity index is 548. The summed E-state index contributed by atoms with van der Waals surface area (Å²) in [4.78, 5) is 0.311. The van der Waals surface area contributed by atoms with Gasteiger partial charge in [0.1, 0.15) is 0 Å². The second-order valence-electron chi connectivity index (χ2n) is 4.24. The average molecular weight is 398 g/mol. The fourth-order valence-electron chi connectivity index (χ4n) is 1.98. The third-order valence-electron chi connectivity index (χ3n) is 2.92. The van der Waals surface area contributed by atoms with Crippen LogP contribution in [0.1, 0.15) is 6.92 Å². The number of nitrogens with one attached hydrogen (secondary N) is 1. The number of sulfonamides is 1. The predicted octanol–water partition coefficient (Wildman–Crippen LogP) is 2.19. The lowest BCUT2D eigenvalue weighted by Gasteiger charge is -2.33. The summed E-state index contributed by atoms with van der Waals surface area (Å²) >= 11 is 6.62. The van der Waals surface area contributed by atoms with Crippen LogP contribution < -0.4 is 5.32 Å². The van der Waals surface area contributed by atoms with Crippen LogP contribution in [0.4, 0.5) is 0 Å². The molecule has 1 atom stereocenters. The van der Waals surface area contributed by atoms with Crippen molar-refractivity contribution in [1.29, 1.82) is 0 Å². The molecule has 1 heterocycles. The molecule has 1 aromatic rings. The number of rotatable bonds is 2. The monoisotopic (exact) mass is 396 g/mol. The van der Waals surface area contributed by atoms with Crippen LogP contribution in [0.15, 0.2) is 32.0 Å². The standard InChI is InChI=1S/C11H14Br2N2O2S/c1-8-7-14-4-5-15(8)18(16,17)11-6-9(12)2-3-10(11)13/h2-3,6,8,14H,4-5,7H2,1H3/t8-/m1/s1. The number of halogens is 2. The van der Waals surface area contributed by atoms with Gasteiger partial charge in [0.15, 0.2) is 0 Å². The molecule has 100 valence electrons. The molecule has 0 saturated carbocycles. The van der Waals surface area contributed by atoms with Crippen LogP contribution >= 0.6 is 31.9 Å². The van der Waals surface area contributed by atoms with Gasteiger partial charge in [0.25, 0.3) is 0 Å². The van der Waals surface area contributed by atoms with Crippen LogP contribution in [0.5, 0.6) is 0 Å². The maximum Gasteiger partial charge on any atom is 0.244 e. The van der Waals surface area contributed by atoms with Crippen molar-refractivity contribution in [2.75, 3.05) is 19.6 Å². The van der Waals surface area contributed by atoms with Crippen LogP contribution in [0, 0.1) is 0 Å². The second-order valence-corrected chi connectivity index (χ2v) is 7.87. The van der Waals surface area contributed by atoms with Gasteiger partial charge in [0.05, 0.1) is 4.90 Å². The lowest BCUT2D eigenvalue weighted by molar-refractivity contribution is 0.283. The van der Waals surface area contributed by atoms with Crippen molar-refractivity contribution in [3.63, 3.8) is 0 Å². The summed E-state index contributed by atoms with van der Waals surface area (Å²) in [5.41, 5.74) is 0. The summed E-state index contributed by atoms with van der Waals surface area (Å²) in [6.45, 7) is 3.79. The zero-order valence-corrected chi connectivity index (χ0v) is 13.8. The molecule has 1 aromatic carbocycles. The summed E-state index contributed by atoms with van der Waals surface area (Å²) in [5.74, 6) is 0. The maximum atomic E-state index is 12.6. The predicted molar refractivity (Wildman–Crippen MR) is 78.1 cm³/mol. The smallest absolute Gasteiger partial charge is 0.244 e. The third-order valence-corrected chi connectivity index (χ3v) is 6.42. The maximum absolute atomic E-state index is 12.6. The Hall–Kier alpha value is 0.0500. The average Bonchev–Trinajstić information content (AvgIpc) is 2.32. The first-order valence-corrected chi connectivity index (χ1v) is 8.63.